The Bertz CT molecular complexity index is 2430. The van der Waals surface area contributed by atoms with Crippen LogP contribution >= 0.6 is 22.7 Å². The first-order valence-electron chi connectivity index (χ1n) is 18.2. The van der Waals surface area contributed by atoms with Crippen LogP contribution in [0.3, 0.4) is 0 Å². The molecule has 0 unspecified atom stereocenters. The van der Waals surface area contributed by atoms with E-state index in [0.29, 0.717) is 0 Å². The summed E-state index contributed by atoms with van der Waals surface area (Å²) >= 11 is 3.57. The van der Waals surface area contributed by atoms with Crippen molar-refractivity contribution in [3.05, 3.63) is 131 Å². The predicted octanol–water partition coefficient (Wildman–Crippen LogP) is 11.1. The summed E-state index contributed by atoms with van der Waals surface area (Å²) in [5, 5.41) is 22.2. The molecule has 2 atom stereocenters. The summed E-state index contributed by atoms with van der Waals surface area (Å²) in [6.45, 7) is 3.25. The lowest BCUT2D eigenvalue weighted by molar-refractivity contribution is 0.112. The van der Waals surface area contributed by atoms with Gasteiger partial charge in [0.05, 0.1) is 21.1 Å². The summed E-state index contributed by atoms with van der Waals surface area (Å²) in [5.41, 5.74) is 11.0. The SMILES string of the molecule is CCCCN1[C@H]2c3sc4nnc(-c5ccccc5)c(-c5ccccc5)c4c3N(C)[C@@H]1c1sc3nnc(-c4ccccc4)c(-c4ccccc4)c3c1N2C. The van der Waals surface area contributed by atoms with Crippen LogP contribution in [0.4, 0.5) is 11.4 Å². The minimum Gasteiger partial charge on any atom is -0.352 e. The molecule has 9 heteroatoms. The number of nitrogens with zero attached hydrogens (tertiary/aromatic N) is 7. The van der Waals surface area contributed by atoms with Crippen LogP contribution in [0.15, 0.2) is 121 Å². The molecule has 2 aliphatic rings. The van der Waals surface area contributed by atoms with E-state index in [-0.39, 0.29) is 12.3 Å². The van der Waals surface area contributed by atoms with Crippen molar-refractivity contribution in [2.45, 2.75) is 32.1 Å². The zero-order valence-electron chi connectivity index (χ0n) is 29.8. The Morgan fingerprint density at radius 2 is 0.887 bits per heavy atom. The predicted molar refractivity (Wildman–Crippen MR) is 220 cm³/mol. The Hall–Kier alpha value is -5.48. The fourth-order valence-electron chi connectivity index (χ4n) is 8.45. The normalized spacial score (nSPS) is 16.7. The first kappa shape index (κ1) is 32.2. The molecule has 2 bridgehead atoms. The van der Waals surface area contributed by atoms with Crippen LogP contribution in [-0.4, -0.2) is 45.9 Å². The molecule has 0 saturated heterocycles. The average molecular weight is 728 g/mol. The number of benzene rings is 4. The number of aromatic nitrogens is 4. The lowest BCUT2D eigenvalue weighted by Gasteiger charge is -2.54. The van der Waals surface area contributed by atoms with Crippen LogP contribution in [0, 0.1) is 0 Å². The van der Waals surface area contributed by atoms with Gasteiger partial charge in [0.1, 0.15) is 33.4 Å². The molecule has 4 aromatic heterocycles. The van der Waals surface area contributed by atoms with Gasteiger partial charge in [0.25, 0.3) is 0 Å². The third-order valence-corrected chi connectivity index (χ3v) is 13.0. The van der Waals surface area contributed by atoms with E-state index in [2.05, 4.69) is 157 Å². The van der Waals surface area contributed by atoms with Crippen molar-refractivity contribution in [2.24, 2.45) is 0 Å². The van der Waals surface area contributed by atoms with E-state index in [4.69, 9.17) is 20.4 Å². The van der Waals surface area contributed by atoms with Gasteiger partial charge in [0.15, 0.2) is 0 Å². The third kappa shape index (κ3) is 4.95. The molecule has 0 saturated carbocycles. The first-order valence-corrected chi connectivity index (χ1v) is 19.9. The quantitative estimate of drug-likeness (QED) is 0.162. The largest absolute Gasteiger partial charge is 0.352 e. The van der Waals surface area contributed by atoms with Crippen LogP contribution in [0.25, 0.3) is 65.2 Å². The Morgan fingerprint density at radius 3 is 1.26 bits per heavy atom. The molecular formula is C44H37N7S2. The van der Waals surface area contributed by atoms with Gasteiger partial charge in [-0.05, 0) is 17.5 Å². The van der Waals surface area contributed by atoms with E-state index in [9.17, 15) is 0 Å². The number of hydrogen-bond acceptors (Lipinski definition) is 9. The Balaban J connectivity index is 1.26. The van der Waals surface area contributed by atoms with Crippen molar-refractivity contribution in [3.8, 4) is 44.8 Å². The molecule has 8 aromatic rings. The van der Waals surface area contributed by atoms with Crippen molar-refractivity contribution < 1.29 is 0 Å². The second-order valence-corrected chi connectivity index (χ2v) is 15.9. The number of rotatable bonds is 7. The van der Waals surface area contributed by atoms with Gasteiger partial charge in [-0.1, -0.05) is 135 Å². The standard InChI is InChI=1S/C44H37N7S2/c1-4-5-26-51-43-40-38(34-32(28-20-12-7-13-21-28)36(46-48-42(34)53-40)30-24-16-9-17-25-30)50(3)44(51)39-37(49(43)2)33-31(27-18-10-6-11-19-27)35(45-47-41(33)52-39)29-22-14-8-15-23-29/h6-25,43-44H,4-5,26H2,1-3H3/t43-,44-/m0/s1. The highest BCUT2D eigenvalue weighted by Gasteiger charge is 2.50. The zero-order valence-corrected chi connectivity index (χ0v) is 31.4. The molecule has 53 heavy (non-hydrogen) atoms. The van der Waals surface area contributed by atoms with Crippen LogP contribution in [0.1, 0.15) is 41.9 Å². The van der Waals surface area contributed by atoms with Crippen molar-refractivity contribution in [2.75, 3.05) is 30.4 Å². The summed E-state index contributed by atoms with van der Waals surface area (Å²) in [6.07, 6.45) is 2.23. The Morgan fingerprint density at radius 1 is 0.509 bits per heavy atom. The third-order valence-electron chi connectivity index (χ3n) is 10.8. The van der Waals surface area contributed by atoms with Crippen molar-refractivity contribution in [3.63, 3.8) is 0 Å². The first-order chi connectivity index (χ1) is 26.1. The van der Waals surface area contributed by atoms with Crippen LogP contribution < -0.4 is 9.80 Å². The topological polar surface area (TPSA) is 61.3 Å². The van der Waals surface area contributed by atoms with E-state index in [1.807, 2.05) is 0 Å². The van der Waals surface area contributed by atoms with Gasteiger partial charge < -0.3 is 9.80 Å². The molecular weight excluding hydrogens is 691 g/mol. The van der Waals surface area contributed by atoms with E-state index >= 15 is 0 Å². The number of hydrogen-bond donors (Lipinski definition) is 0. The van der Waals surface area contributed by atoms with Crippen LogP contribution in [0.5, 0.6) is 0 Å². The van der Waals surface area contributed by atoms with Gasteiger partial charge in [0.2, 0.25) is 0 Å². The summed E-state index contributed by atoms with van der Waals surface area (Å²) < 4.78 is 0. The molecule has 7 nitrogen and oxygen atoms in total. The van der Waals surface area contributed by atoms with Gasteiger partial charge in [-0.15, -0.1) is 43.1 Å². The molecule has 0 fully saturated rings. The van der Waals surface area contributed by atoms with E-state index in [1.165, 1.54) is 31.9 Å². The maximum Gasteiger partial charge on any atom is 0.149 e. The molecule has 260 valence electrons. The summed E-state index contributed by atoms with van der Waals surface area (Å²) in [6, 6.07) is 42.4. The number of fused-ring (bicyclic) bond motifs is 10. The Labute approximate surface area is 316 Å². The smallest absolute Gasteiger partial charge is 0.149 e. The number of anilines is 2. The lowest BCUT2D eigenvalue weighted by atomic mass is 9.93. The molecule has 0 amide bonds. The minimum atomic E-state index is 0.00279. The highest BCUT2D eigenvalue weighted by Crippen LogP contribution is 2.62. The summed E-state index contributed by atoms with van der Waals surface area (Å²) in [5.74, 6) is 0. The van der Waals surface area contributed by atoms with Gasteiger partial charge in [-0.25, -0.2) is 0 Å². The maximum atomic E-state index is 4.98. The monoisotopic (exact) mass is 727 g/mol. The van der Waals surface area contributed by atoms with Crippen LogP contribution in [0.2, 0.25) is 0 Å². The molecule has 0 aliphatic carbocycles. The van der Waals surface area contributed by atoms with Crippen LogP contribution in [-0.2, 0) is 0 Å². The van der Waals surface area contributed by atoms with E-state index in [1.54, 1.807) is 22.7 Å². The van der Waals surface area contributed by atoms with Crippen molar-refractivity contribution in [1.82, 2.24) is 25.3 Å². The Kier molecular flexibility index (Phi) is 7.82. The fourth-order valence-corrected chi connectivity index (χ4v) is 11.1. The molecule has 2 aliphatic heterocycles. The van der Waals surface area contributed by atoms with Crippen molar-refractivity contribution >= 4 is 54.5 Å². The molecule has 10 rings (SSSR count). The minimum absolute atomic E-state index is 0.00279. The highest BCUT2D eigenvalue weighted by atomic mass is 32.1. The fraction of sp³-hybridized carbons (Fsp3) is 0.182. The van der Waals surface area contributed by atoms with Crippen molar-refractivity contribution in [1.29, 1.82) is 0 Å². The molecule has 0 radical (unpaired) electrons. The van der Waals surface area contributed by atoms with E-state index < -0.39 is 0 Å². The molecule has 4 aromatic carbocycles. The van der Waals surface area contributed by atoms with Gasteiger partial charge in [-0.2, -0.15) is 0 Å². The van der Waals surface area contributed by atoms with E-state index in [0.717, 1.165) is 73.8 Å². The second-order valence-electron chi connectivity index (χ2n) is 13.9. The second kappa shape index (κ2) is 12.9. The summed E-state index contributed by atoms with van der Waals surface area (Å²) in [4.78, 5) is 12.3. The van der Waals surface area contributed by atoms with Gasteiger partial charge >= 0.3 is 0 Å². The molecule has 6 heterocycles. The summed E-state index contributed by atoms with van der Waals surface area (Å²) in [7, 11) is 4.56. The number of thiophene rings is 2. The lowest BCUT2D eigenvalue weighted by Crippen LogP contribution is -2.54. The highest BCUT2D eigenvalue weighted by molar-refractivity contribution is 7.20. The van der Waals surface area contributed by atoms with Gasteiger partial charge in [-0.3, -0.25) is 4.90 Å². The average Bonchev–Trinajstić information content (AvgIpc) is 3.80. The molecule has 0 N–H and O–H groups in total. The van der Waals surface area contributed by atoms with Gasteiger partial charge in [0, 0.05) is 53.7 Å². The zero-order chi connectivity index (χ0) is 35.6. The molecule has 0 spiro atoms. The maximum absolute atomic E-state index is 4.98. The number of unbranched alkanes of at least 4 members (excludes halogenated alkanes) is 1.